The summed E-state index contributed by atoms with van der Waals surface area (Å²) in [7, 11) is 0. The third-order valence-electron chi connectivity index (χ3n) is 7.49. The van der Waals surface area contributed by atoms with Gasteiger partial charge in [0.15, 0.2) is 0 Å². The second-order valence-corrected chi connectivity index (χ2v) is 10.9. The van der Waals surface area contributed by atoms with Gasteiger partial charge in [0, 0.05) is 30.9 Å². The van der Waals surface area contributed by atoms with Gasteiger partial charge in [-0.15, -0.1) is 11.3 Å². The van der Waals surface area contributed by atoms with E-state index in [1.807, 2.05) is 11.3 Å². The van der Waals surface area contributed by atoms with Crippen LogP contribution in [0.4, 0.5) is 0 Å². The first kappa shape index (κ1) is 21.4. The summed E-state index contributed by atoms with van der Waals surface area (Å²) in [4.78, 5) is 0. The molecule has 6 aromatic carbocycles. The SMILES string of the molecule is c1ccc(-c2ccc3oc4ccc(-c5ccc6sc7ccc(-c8ccccc8)cc7c6c5)cc4c3c2)cc1. The first-order chi connectivity index (χ1) is 18.8. The molecule has 8 aromatic rings. The van der Waals surface area contributed by atoms with Crippen LogP contribution in [0.15, 0.2) is 138 Å². The van der Waals surface area contributed by atoms with Gasteiger partial charge in [0.25, 0.3) is 0 Å². The highest BCUT2D eigenvalue weighted by Crippen LogP contribution is 2.40. The van der Waals surface area contributed by atoms with E-state index < -0.39 is 0 Å². The van der Waals surface area contributed by atoms with Crippen LogP contribution in [-0.4, -0.2) is 0 Å². The number of hydrogen-bond acceptors (Lipinski definition) is 2. The van der Waals surface area contributed by atoms with E-state index in [0.717, 1.165) is 21.9 Å². The van der Waals surface area contributed by atoms with Crippen LogP contribution in [0.3, 0.4) is 0 Å². The lowest BCUT2D eigenvalue weighted by Crippen LogP contribution is -1.79. The van der Waals surface area contributed by atoms with Crippen LogP contribution in [0.1, 0.15) is 0 Å². The molecule has 0 aliphatic carbocycles. The van der Waals surface area contributed by atoms with Gasteiger partial charge in [-0.3, -0.25) is 0 Å². The average Bonchev–Trinajstić information content (AvgIpc) is 3.54. The summed E-state index contributed by atoms with van der Waals surface area (Å²) >= 11 is 1.86. The number of hydrogen-bond donors (Lipinski definition) is 0. The molecule has 0 aliphatic rings. The second kappa shape index (κ2) is 8.44. The maximum absolute atomic E-state index is 6.21. The summed E-state index contributed by atoms with van der Waals surface area (Å²) < 4.78 is 8.84. The van der Waals surface area contributed by atoms with Crippen molar-refractivity contribution in [3.8, 4) is 33.4 Å². The predicted octanol–water partition coefficient (Wildman–Crippen LogP) is 11.0. The fourth-order valence-corrected chi connectivity index (χ4v) is 6.60. The van der Waals surface area contributed by atoms with Crippen LogP contribution in [0, 0.1) is 0 Å². The Balaban J connectivity index is 1.27. The minimum Gasteiger partial charge on any atom is -0.456 e. The van der Waals surface area contributed by atoms with E-state index in [4.69, 9.17) is 4.42 Å². The van der Waals surface area contributed by atoms with E-state index >= 15 is 0 Å². The monoisotopic (exact) mass is 502 g/mol. The minimum atomic E-state index is 0.920. The van der Waals surface area contributed by atoms with E-state index in [1.54, 1.807) is 0 Å². The molecule has 0 atom stereocenters. The van der Waals surface area contributed by atoms with Crippen molar-refractivity contribution < 1.29 is 4.42 Å². The first-order valence-electron chi connectivity index (χ1n) is 12.8. The topological polar surface area (TPSA) is 13.1 Å². The minimum absolute atomic E-state index is 0.920. The number of furan rings is 1. The van der Waals surface area contributed by atoms with Gasteiger partial charge in [-0.25, -0.2) is 0 Å². The Hall–Kier alpha value is -4.66. The zero-order chi connectivity index (χ0) is 25.1. The molecule has 0 aliphatic heterocycles. The highest BCUT2D eigenvalue weighted by atomic mass is 32.1. The third kappa shape index (κ3) is 3.46. The van der Waals surface area contributed by atoms with Gasteiger partial charge in [-0.1, -0.05) is 84.9 Å². The van der Waals surface area contributed by atoms with Crippen molar-refractivity contribution in [2.45, 2.75) is 0 Å². The van der Waals surface area contributed by atoms with E-state index in [9.17, 15) is 0 Å². The molecule has 0 amide bonds. The maximum atomic E-state index is 6.21. The predicted molar refractivity (Wildman–Crippen MR) is 163 cm³/mol. The molecule has 8 rings (SSSR count). The smallest absolute Gasteiger partial charge is 0.135 e. The molecule has 0 spiro atoms. The number of benzene rings is 6. The van der Waals surface area contributed by atoms with Crippen molar-refractivity contribution >= 4 is 53.4 Å². The van der Waals surface area contributed by atoms with Crippen LogP contribution in [0.2, 0.25) is 0 Å². The summed E-state index contributed by atoms with van der Waals surface area (Å²) in [5, 5.41) is 4.93. The lowest BCUT2D eigenvalue weighted by atomic mass is 9.98. The quantitative estimate of drug-likeness (QED) is 0.234. The van der Waals surface area contributed by atoms with Gasteiger partial charge in [-0.05, 0) is 81.9 Å². The normalized spacial score (nSPS) is 11.7. The van der Waals surface area contributed by atoms with Gasteiger partial charge in [0.05, 0.1) is 0 Å². The molecule has 0 bridgehead atoms. The second-order valence-electron chi connectivity index (χ2n) is 9.78. The average molecular weight is 503 g/mol. The Morgan fingerprint density at radius 1 is 0.342 bits per heavy atom. The molecule has 2 heteroatoms. The van der Waals surface area contributed by atoms with Crippen LogP contribution in [-0.2, 0) is 0 Å². The lowest BCUT2D eigenvalue weighted by Gasteiger charge is -2.04. The van der Waals surface area contributed by atoms with Crippen LogP contribution in [0.5, 0.6) is 0 Å². The zero-order valence-electron chi connectivity index (χ0n) is 20.5. The van der Waals surface area contributed by atoms with E-state index in [-0.39, 0.29) is 0 Å². The van der Waals surface area contributed by atoms with Crippen molar-refractivity contribution in [2.24, 2.45) is 0 Å². The Bertz CT molecular complexity index is 1960. The Labute approximate surface area is 224 Å². The largest absolute Gasteiger partial charge is 0.456 e. The fraction of sp³-hybridized carbons (Fsp3) is 0. The van der Waals surface area contributed by atoms with Gasteiger partial charge in [0.2, 0.25) is 0 Å². The van der Waals surface area contributed by atoms with E-state index in [2.05, 4.69) is 133 Å². The molecule has 1 nitrogen and oxygen atoms in total. The highest BCUT2D eigenvalue weighted by molar-refractivity contribution is 7.25. The van der Waals surface area contributed by atoms with Crippen molar-refractivity contribution in [3.05, 3.63) is 133 Å². The summed E-state index contributed by atoms with van der Waals surface area (Å²) in [6, 6.07) is 47.9. The van der Waals surface area contributed by atoms with Crippen LogP contribution in [0.25, 0.3) is 75.5 Å². The van der Waals surface area contributed by atoms with Gasteiger partial charge < -0.3 is 4.42 Å². The summed E-state index contributed by atoms with van der Waals surface area (Å²) in [5.74, 6) is 0. The van der Waals surface area contributed by atoms with Crippen LogP contribution >= 0.6 is 11.3 Å². The van der Waals surface area contributed by atoms with E-state index in [0.29, 0.717) is 0 Å². The number of thiophene rings is 1. The Kier molecular flexibility index (Phi) is 4.76. The molecule has 0 N–H and O–H groups in total. The standard InChI is InChI=1S/C36H22OS/c1-3-7-23(8-4-1)25-11-15-33-29(19-25)30-20-27(12-16-34(30)37-33)28-14-18-36-32(22-28)31-21-26(13-17-35(31)38-36)24-9-5-2-6-10-24/h1-22H. The fourth-order valence-electron chi connectivity index (χ4n) is 5.53. The van der Waals surface area contributed by atoms with Gasteiger partial charge in [-0.2, -0.15) is 0 Å². The maximum Gasteiger partial charge on any atom is 0.135 e. The summed E-state index contributed by atoms with van der Waals surface area (Å²) in [6.45, 7) is 0. The highest BCUT2D eigenvalue weighted by Gasteiger charge is 2.12. The number of fused-ring (bicyclic) bond motifs is 6. The molecule has 0 saturated carbocycles. The van der Waals surface area contributed by atoms with Crippen molar-refractivity contribution in [3.63, 3.8) is 0 Å². The molecule has 2 heterocycles. The summed E-state index contributed by atoms with van der Waals surface area (Å²) in [5.41, 5.74) is 9.17. The van der Waals surface area contributed by atoms with E-state index in [1.165, 1.54) is 53.6 Å². The Morgan fingerprint density at radius 3 is 1.21 bits per heavy atom. The summed E-state index contributed by atoms with van der Waals surface area (Å²) in [6.07, 6.45) is 0. The van der Waals surface area contributed by atoms with Crippen LogP contribution < -0.4 is 0 Å². The molecule has 0 fully saturated rings. The first-order valence-corrected chi connectivity index (χ1v) is 13.7. The van der Waals surface area contributed by atoms with Gasteiger partial charge >= 0.3 is 0 Å². The molecule has 0 saturated heterocycles. The third-order valence-corrected chi connectivity index (χ3v) is 8.64. The zero-order valence-corrected chi connectivity index (χ0v) is 21.3. The van der Waals surface area contributed by atoms with Crippen molar-refractivity contribution in [1.82, 2.24) is 0 Å². The molecular weight excluding hydrogens is 480 g/mol. The lowest BCUT2D eigenvalue weighted by molar-refractivity contribution is 0.669. The molecule has 38 heavy (non-hydrogen) atoms. The molecular formula is C36H22OS. The molecule has 178 valence electrons. The molecule has 0 radical (unpaired) electrons. The van der Waals surface area contributed by atoms with Crippen molar-refractivity contribution in [1.29, 1.82) is 0 Å². The Morgan fingerprint density at radius 2 is 0.737 bits per heavy atom. The molecule has 2 aromatic heterocycles. The molecule has 0 unspecified atom stereocenters. The van der Waals surface area contributed by atoms with Crippen molar-refractivity contribution in [2.75, 3.05) is 0 Å². The number of rotatable bonds is 3. The van der Waals surface area contributed by atoms with Gasteiger partial charge in [0.1, 0.15) is 11.2 Å².